The summed E-state index contributed by atoms with van der Waals surface area (Å²) in [4.78, 5) is 24.8. The van der Waals surface area contributed by atoms with Gasteiger partial charge in [0.1, 0.15) is 5.60 Å². The Bertz CT molecular complexity index is 338. The van der Waals surface area contributed by atoms with Gasteiger partial charge in [0.25, 0.3) is 0 Å². The largest absolute Gasteiger partial charge is 0.365 e. The third-order valence-corrected chi connectivity index (χ3v) is 4.83. The minimum Gasteiger partial charge on any atom is -0.365 e. The highest BCUT2D eigenvalue weighted by atomic mass is 32.1. The summed E-state index contributed by atoms with van der Waals surface area (Å²) in [6.07, 6.45) is 4.84. The van der Waals surface area contributed by atoms with Crippen molar-refractivity contribution in [3.63, 3.8) is 0 Å². The molecule has 0 aliphatic heterocycles. The third-order valence-electron chi connectivity index (χ3n) is 4.04. The first-order valence-corrected chi connectivity index (χ1v) is 8.88. The molecule has 0 bridgehead atoms. The quantitative estimate of drug-likeness (QED) is 0.518. The van der Waals surface area contributed by atoms with Gasteiger partial charge in [0.2, 0.25) is 5.12 Å². The molecule has 124 valence electrons. The molecule has 0 amide bonds. The van der Waals surface area contributed by atoms with Crippen molar-refractivity contribution in [1.29, 1.82) is 0 Å². The van der Waals surface area contributed by atoms with E-state index in [2.05, 4.69) is 25.3 Å². The van der Waals surface area contributed by atoms with E-state index in [0.29, 0.717) is 25.9 Å². The van der Waals surface area contributed by atoms with Crippen LogP contribution in [0.5, 0.6) is 0 Å². The molecule has 0 aromatic rings. The van der Waals surface area contributed by atoms with Crippen LogP contribution in [0, 0.1) is 5.41 Å². The zero-order valence-electron chi connectivity index (χ0n) is 13.8. The first-order valence-electron chi connectivity index (χ1n) is 7.99. The van der Waals surface area contributed by atoms with Crippen LogP contribution in [0.1, 0.15) is 72.6 Å². The zero-order chi connectivity index (χ0) is 16.5. The molecular formula is C16H30O3S2. The zero-order valence-corrected chi connectivity index (χ0v) is 15.6. The number of ether oxygens (including phenoxy) is 1. The van der Waals surface area contributed by atoms with Crippen molar-refractivity contribution in [3.8, 4) is 0 Å². The van der Waals surface area contributed by atoms with Gasteiger partial charge in [0.05, 0.1) is 5.41 Å². The van der Waals surface area contributed by atoms with Crippen molar-refractivity contribution >= 4 is 35.5 Å². The smallest absolute Gasteiger partial charge is 0.218 e. The average Bonchev–Trinajstić information content (AvgIpc) is 2.42. The molecular weight excluding hydrogens is 304 g/mol. The molecule has 21 heavy (non-hydrogen) atoms. The van der Waals surface area contributed by atoms with Crippen LogP contribution >= 0.6 is 25.3 Å². The Morgan fingerprint density at radius 2 is 1.29 bits per heavy atom. The molecule has 0 saturated heterocycles. The topological polar surface area (TPSA) is 43.4 Å². The van der Waals surface area contributed by atoms with E-state index in [1.165, 1.54) is 0 Å². The predicted octanol–water partition coefficient (Wildman–Crippen LogP) is 4.45. The molecule has 0 aromatic heterocycles. The normalized spacial score (nSPS) is 14.8. The molecule has 0 fully saturated rings. The second-order valence-electron chi connectivity index (χ2n) is 5.62. The Kier molecular flexibility index (Phi) is 9.90. The average molecular weight is 335 g/mol. The lowest BCUT2D eigenvalue weighted by Gasteiger charge is -2.47. The lowest BCUT2D eigenvalue weighted by Crippen LogP contribution is -2.58. The molecule has 0 saturated carbocycles. The molecule has 0 aromatic carbocycles. The van der Waals surface area contributed by atoms with E-state index in [0.717, 1.165) is 25.7 Å². The van der Waals surface area contributed by atoms with Crippen LogP contribution in [0.3, 0.4) is 0 Å². The molecule has 0 N–H and O–H groups in total. The third kappa shape index (κ3) is 4.49. The molecule has 0 heterocycles. The number of hydrogen-bond donors (Lipinski definition) is 2. The Balaban J connectivity index is 6.05. The van der Waals surface area contributed by atoms with Gasteiger partial charge >= 0.3 is 0 Å². The van der Waals surface area contributed by atoms with Crippen molar-refractivity contribution in [3.05, 3.63) is 0 Å². The fourth-order valence-electron chi connectivity index (χ4n) is 3.22. The lowest BCUT2D eigenvalue weighted by molar-refractivity contribution is -0.170. The van der Waals surface area contributed by atoms with Crippen LogP contribution in [0.2, 0.25) is 0 Å². The van der Waals surface area contributed by atoms with Crippen LogP contribution < -0.4 is 0 Å². The van der Waals surface area contributed by atoms with Crippen LogP contribution in [0.4, 0.5) is 0 Å². The molecule has 1 atom stereocenters. The van der Waals surface area contributed by atoms with E-state index < -0.39 is 11.0 Å². The molecule has 0 aliphatic carbocycles. The molecule has 0 rings (SSSR count). The second-order valence-corrected chi connectivity index (χ2v) is 6.43. The predicted molar refractivity (Wildman–Crippen MR) is 94.1 cm³/mol. The van der Waals surface area contributed by atoms with E-state index in [4.69, 9.17) is 4.74 Å². The van der Waals surface area contributed by atoms with Gasteiger partial charge in [-0.3, -0.25) is 9.59 Å². The van der Waals surface area contributed by atoms with E-state index in [-0.39, 0.29) is 10.2 Å². The van der Waals surface area contributed by atoms with Gasteiger partial charge in [-0.05, 0) is 25.7 Å². The van der Waals surface area contributed by atoms with Crippen molar-refractivity contribution < 1.29 is 14.3 Å². The second kappa shape index (κ2) is 9.90. The molecule has 5 heteroatoms. The molecule has 0 spiro atoms. The summed E-state index contributed by atoms with van der Waals surface area (Å²) in [6, 6.07) is 0. The van der Waals surface area contributed by atoms with Crippen LogP contribution in [0.25, 0.3) is 0 Å². The highest BCUT2D eigenvalue weighted by Gasteiger charge is 2.58. The molecule has 0 aliphatic rings. The van der Waals surface area contributed by atoms with Crippen LogP contribution in [-0.4, -0.2) is 22.4 Å². The van der Waals surface area contributed by atoms with E-state index in [1.54, 1.807) is 0 Å². The Labute approximate surface area is 140 Å². The van der Waals surface area contributed by atoms with E-state index in [9.17, 15) is 9.59 Å². The summed E-state index contributed by atoms with van der Waals surface area (Å²) in [7, 11) is 0. The maximum atomic E-state index is 12.4. The van der Waals surface area contributed by atoms with Crippen molar-refractivity contribution in [2.45, 2.75) is 78.2 Å². The van der Waals surface area contributed by atoms with Gasteiger partial charge < -0.3 is 4.74 Å². The van der Waals surface area contributed by atoms with Gasteiger partial charge in [-0.2, -0.15) is 0 Å². The van der Waals surface area contributed by atoms with Crippen molar-refractivity contribution in [2.24, 2.45) is 5.41 Å². The molecule has 0 radical (unpaired) electrons. The lowest BCUT2D eigenvalue weighted by atomic mass is 9.65. The van der Waals surface area contributed by atoms with Crippen LogP contribution in [0.15, 0.2) is 0 Å². The van der Waals surface area contributed by atoms with Gasteiger partial charge in [-0.1, -0.05) is 47.0 Å². The molecule has 1 unspecified atom stereocenters. The maximum absolute atomic E-state index is 12.4. The first-order chi connectivity index (χ1) is 9.88. The number of rotatable bonds is 12. The Morgan fingerprint density at radius 3 is 1.57 bits per heavy atom. The summed E-state index contributed by atoms with van der Waals surface area (Å²) >= 11 is 8.25. The summed E-state index contributed by atoms with van der Waals surface area (Å²) in [6.45, 7) is 8.46. The van der Waals surface area contributed by atoms with Crippen molar-refractivity contribution in [1.82, 2.24) is 0 Å². The van der Waals surface area contributed by atoms with Gasteiger partial charge in [0, 0.05) is 6.61 Å². The number of carbonyl (C=O) groups is 2. The number of thiol groups is 2. The fourth-order valence-corrected chi connectivity index (χ4v) is 4.01. The van der Waals surface area contributed by atoms with Gasteiger partial charge in [-0.15, -0.1) is 25.3 Å². The number of carbonyl (C=O) groups excluding carboxylic acids is 2. The minimum atomic E-state index is -1.16. The highest BCUT2D eigenvalue weighted by molar-refractivity contribution is 7.97. The highest BCUT2D eigenvalue weighted by Crippen LogP contribution is 2.49. The van der Waals surface area contributed by atoms with Gasteiger partial charge in [0.15, 0.2) is 5.12 Å². The maximum Gasteiger partial charge on any atom is 0.218 e. The fraction of sp³-hybridized carbons (Fsp3) is 0.875. The Hall–Kier alpha value is -0.0000000000000000555. The summed E-state index contributed by atoms with van der Waals surface area (Å²) in [5.41, 5.74) is -2.05. The van der Waals surface area contributed by atoms with E-state index in [1.807, 2.05) is 27.7 Å². The standard InChI is InChI=1S/C16H30O3S2/c1-5-9-15(10-6-2,13(17)20)16(11-7-3,14(18)21)19-12-8-4/h5-12H2,1-4H3,(H,17,20)(H,18,21). The summed E-state index contributed by atoms with van der Waals surface area (Å²) in [5, 5.41) is -0.597. The number of hydrogen-bond acceptors (Lipinski definition) is 3. The first kappa shape index (κ1) is 21.0. The molecule has 3 nitrogen and oxygen atoms in total. The SMILES string of the molecule is CCCOC(CCC)(C(=O)S)C(CCC)(CCC)C(=O)S. The summed E-state index contributed by atoms with van der Waals surface area (Å²) in [5.74, 6) is 0. The van der Waals surface area contributed by atoms with Crippen molar-refractivity contribution in [2.75, 3.05) is 6.61 Å². The minimum absolute atomic E-state index is 0.252. The monoisotopic (exact) mass is 334 g/mol. The van der Waals surface area contributed by atoms with Gasteiger partial charge in [-0.25, -0.2) is 0 Å². The van der Waals surface area contributed by atoms with Crippen LogP contribution in [-0.2, 0) is 14.3 Å². The van der Waals surface area contributed by atoms with E-state index >= 15 is 0 Å². The Morgan fingerprint density at radius 1 is 0.810 bits per heavy atom. The summed E-state index contributed by atoms with van der Waals surface area (Å²) < 4.78 is 6.02.